The summed E-state index contributed by atoms with van der Waals surface area (Å²) < 4.78 is 10.7. The summed E-state index contributed by atoms with van der Waals surface area (Å²) >= 11 is 1.76. The molecule has 1 fully saturated rings. The van der Waals surface area contributed by atoms with Crippen molar-refractivity contribution >= 4 is 35.0 Å². The number of para-hydroxylation sites is 1. The number of carbonyl (C=O) groups excluding carboxylic acids is 2. The van der Waals surface area contributed by atoms with Gasteiger partial charge in [0.15, 0.2) is 0 Å². The molecule has 3 atom stereocenters. The van der Waals surface area contributed by atoms with Crippen molar-refractivity contribution in [2.75, 3.05) is 36.9 Å². The summed E-state index contributed by atoms with van der Waals surface area (Å²) in [6.07, 6.45) is 3.51. The van der Waals surface area contributed by atoms with Gasteiger partial charge in [0.1, 0.15) is 17.0 Å². The number of ether oxygens (including phenoxy) is 2. The van der Waals surface area contributed by atoms with Gasteiger partial charge in [0.05, 0.1) is 25.8 Å². The number of aryl methyl sites for hydroxylation is 1. The average Bonchev–Trinajstić information content (AvgIpc) is 3.32. The van der Waals surface area contributed by atoms with Crippen LogP contribution < -0.4 is 25.4 Å². The van der Waals surface area contributed by atoms with Crippen molar-refractivity contribution in [2.24, 2.45) is 5.92 Å². The molecule has 0 aromatic heterocycles. The van der Waals surface area contributed by atoms with Crippen LogP contribution in [0.4, 0.5) is 11.4 Å². The van der Waals surface area contributed by atoms with Crippen LogP contribution in [0.1, 0.15) is 24.0 Å². The second kappa shape index (κ2) is 9.03. The molecule has 0 aliphatic carbocycles. The van der Waals surface area contributed by atoms with Crippen molar-refractivity contribution in [1.82, 2.24) is 5.32 Å². The summed E-state index contributed by atoms with van der Waals surface area (Å²) in [4.78, 5) is 27.1. The topological polar surface area (TPSA) is 88.7 Å². The van der Waals surface area contributed by atoms with E-state index in [9.17, 15) is 9.59 Å². The minimum Gasteiger partial charge on any atom is -0.497 e. The summed E-state index contributed by atoms with van der Waals surface area (Å²) in [5.41, 5.74) is 2.04. The molecular formula is C24H29N3O4S. The molecule has 4 rings (SSSR count). The van der Waals surface area contributed by atoms with E-state index in [0.29, 0.717) is 23.6 Å². The van der Waals surface area contributed by atoms with Gasteiger partial charge in [-0.2, -0.15) is 11.8 Å². The molecule has 32 heavy (non-hydrogen) atoms. The second-order valence-electron chi connectivity index (χ2n) is 8.23. The third kappa shape index (κ3) is 3.71. The van der Waals surface area contributed by atoms with E-state index < -0.39 is 11.5 Å². The molecule has 2 aliphatic rings. The van der Waals surface area contributed by atoms with E-state index in [1.54, 1.807) is 44.2 Å². The number of nitrogens with one attached hydrogen (secondary N) is 3. The molecule has 2 aromatic carbocycles. The van der Waals surface area contributed by atoms with Gasteiger partial charge in [-0.25, -0.2) is 0 Å². The van der Waals surface area contributed by atoms with Crippen molar-refractivity contribution in [3.8, 4) is 11.5 Å². The Labute approximate surface area is 192 Å². The van der Waals surface area contributed by atoms with Crippen molar-refractivity contribution in [3.63, 3.8) is 0 Å². The van der Waals surface area contributed by atoms with Gasteiger partial charge >= 0.3 is 0 Å². The highest BCUT2D eigenvalue weighted by Gasteiger charge is 2.60. The molecule has 1 spiro atoms. The standard InChI is InChI=1S/C24H29N3O4S/c1-14-6-5-7-17-21(14)26-23(29)24(17)18(12-15(27-24)10-11-32-4)22(28)25-19-13-16(30-2)8-9-20(19)31-3/h5-9,13,15,18,27H,10-12H2,1-4H3,(H,25,28)(H,26,29). The van der Waals surface area contributed by atoms with E-state index in [1.807, 2.05) is 25.1 Å². The van der Waals surface area contributed by atoms with Crippen LogP contribution in [-0.4, -0.2) is 44.1 Å². The maximum Gasteiger partial charge on any atom is 0.250 e. The van der Waals surface area contributed by atoms with Crippen LogP contribution in [-0.2, 0) is 15.1 Å². The average molecular weight is 456 g/mol. The maximum atomic E-state index is 13.7. The zero-order valence-electron chi connectivity index (χ0n) is 18.8. The summed E-state index contributed by atoms with van der Waals surface area (Å²) in [5.74, 6) is 1.12. The number of methoxy groups -OCH3 is 2. The number of fused-ring (bicyclic) bond motifs is 2. The van der Waals surface area contributed by atoms with Crippen molar-refractivity contribution in [3.05, 3.63) is 47.5 Å². The first kappa shape index (κ1) is 22.5. The van der Waals surface area contributed by atoms with Crippen LogP contribution >= 0.6 is 11.8 Å². The number of amides is 2. The number of anilines is 2. The van der Waals surface area contributed by atoms with Gasteiger partial charge in [-0.3, -0.25) is 14.9 Å². The zero-order valence-corrected chi connectivity index (χ0v) is 19.6. The molecular weight excluding hydrogens is 426 g/mol. The van der Waals surface area contributed by atoms with Crippen molar-refractivity contribution in [2.45, 2.75) is 31.3 Å². The van der Waals surface area contributed by atoms with Crippen LogP contribution in [0, 0.1) is 12.8 Å². The Bertz CT molecular complexity index is 1040. The molecule has 7 nitrogen and oxygen atoms in total. The van der Waals surface area contributed by atoms with E-state index in [0.717, 1.165) is 29.0 Å². The highest BCUT2D eigenvalue weighted by molar-refractivity contribution is 7.98. The SMILES string of the molecule is COc1ccc(OC)c(NC(=O)C2CC(CCSC)NC23C(=O)Nc2c(C)cccc23)c1. The fourth-order valence-corrected chi connectivity index (χ4v) is 5.33. The molecule has 1 saturated heterocycles. The van der Waals surface area contributed by atoms with Gasteiger partial charge in [-0.15, -0.1) is 0 Å². The lowest BCUT2D eigenvalue weighted by atomic mass is 9.79. The van der Waals surface area contributed by atoms with Gasteiger partial charge in [0.2, 0.25) is 11.8 Å². The highest BCUT2D eigenvalue weighted by Crippen LogP contribution is 2.49. The first-order valence-corrected chi connectivity index (χ1v) is 12.0. The first-order chi connectivity index (χ1) is 15.4. The maximum absolute atomic E-state index is 13.7. The van der Waals surface area contributed by atoms with Gasteiger partial charge in [0.25, 0.3) is 0 Å². The molecule has 170 valence electrons. The quantitative estimate of drug-likeness (QED) is 0.592. The van der Waals surface area contributed by atoms with Crippen LogP contribution in [0.2, 0.25) is 0 Å². The zero-order chi connectivity index (χ0) is 22.9. The van der Waals surface area contributed by atoms with E-state index in [1.165, 1.54) is 0 Å². The van der Waals surface area contributed by atoms with Gasteiger partial charge < -0.3 is 20.1 Å². The Kier molecular flexibility index (Phi) is 6.35. The third-order valence-electron chi connectivity index (χ3n) is 6.42. The molecule has 2 amide bonds. The molecule has 3 N–H and O–H groups in total. The summed E-state index contributed by atoms with van der Waals surface area (Å²) in [6, 6.07) is 11.2. The number of rotatable bonds is 7. The molecule has 2 aromatic rings. The van der Waals surface area contributed by atoms with Crippen LogP contribution in [0.5, 0.6) is 11.5 Å². The number of hydrogen-bond donors (Lipinski definition) is 3. The fraction of sp³-hybridized carbons (Fsp3) is 0.417. The van der Waals surface area contributed by atoms with E-state index >= 15 is 0 Å². The van der Waals surface area contributed by atoms with E-state index in [4.69, 9.17) is 9.47 Å². The van der Waals surface area contributed by atoms with Gasteiger partial charge in [-0.1, -0.05) is 18.2 Å². The lowest BCUT2D eigenvalue weighted by Gasteiger charge is -2.29. The number of benzene rings is 2. The number of hydrogen-bond acceptors (Lipinski definition) is 6. The Hall–Kier alpha value is -2.71. The van der Waals surface area contributed by atoms with Crippen LogP contribution in [0.15, 0.2) is 36.4 Å². The number of thioether (sulfide) groups is 1. The largest absolute Gasteiger partial charge is 0.497 e. The summed E-state index contributed by atoms with van der Waals surface area (Å²) in [7, 11) is 3.12. The third-order valence-corrected chi connectivity index (χ3v) is 7.06. The Morgan fingerprint density at radius 2 is 2.06 bits per heavy atom. The summed E-state index contributed by atoms with van der Waals surface area (Å²) in [5, 5.41) is 9.60. The monoisotopic (exact) mass is 455 g/mol. The van der Waals surface area contributed by atoms with E-state index in [2.05, 4.69) is 22.2 Å². The molecule has 3 unspecified atom stereocenters. The Morgan fingerprint density at radius 1 is 1.25 bits per heavy atom. The molecule has 0 bridgehead atoms. The molecule has 2 heterocycles. The second-order valence-corrected chi connectivity index (χ2v) is 9.21. The predicted molar refractivity (Wildman–Crippen MR) is 128 cm³/mol. The van der Waals surface area contributed by atoms with Crippen LogP contribution in [0.25, 0.3) is 0 Å². The number of carbonyl (C=O) groups is 2. The lowest BCUT2D eigenvalue weighted by molar-refractivity contribution is -0.130. The molecule has 2 aliphatic heterocycles. The Balaban J connectivity index is 1.72. The highest BCUT2D eigenvalue weighted by atomic mass is 32.2. The van der Waals surface area contributed by atoms with Gasteiger partial charge in [-0.05, 0) is 49.5 Å². The smallest absolute Gasteiger partial charge is 0.250 e. The minimum absolute atomic E-state index is 0.0580. The Morgan fingerprint density at radius 3 is 2.78 bits per heavy atom. The molecule has 0 radical (unpaired) electrons. The van der Waals surface area contributed by atoms with Crippen molar-refractivity contribution < 1.29 is 19.1 Å². The summed E-state index contributed by atoms with van der Waals surface area (Å²) in [6.45, 7) is 1.97. The normalized spacial score (nSPS) is 23.7. The first-order valence-electron chi connectivity index (χ1n) is 10.7. The minimum atomic E-state index is -1.10. The van der Waals surface area contributed by atoms with Crippen LogP contribution in [0.3, 0.4) is 0 Å². The van der Waals surface area contributed by atoms with Gasteiger partial charge in [0, 0.05) is 23.4 Å². The lowest BCUT2D eigenvalue weighted by Crippen LogP contribution is -2.52. The fourth-order valence-electron chi connectivity index (χ4n) is 4.81. The predicted octanol–water partition coefficient (Wildman–Crippen LogP) is 3.53. The molecule has 8 heteroatoms. The van der Waals surface area contributed by atoms with Crippen molar-refractivity contribution in [1.29, 1.82) is 0 Å². The molecule has 0 saturated carbocycles. The van der Waals surface area contributed by atoms with E-state index in [-0.39, 0.29) is 17.9 Å².